The lowest BCUT2D eigenvalue weighted by Gasteiger charge is -2.29. The Kier molecular flexibility index (Phi) is 3.28. The lowest BCUT2D eigenvalue weighted by Crippen LogP contribution is -2.42. The molecule has 3 heterocycles. The summed E-state index contributed by atoms with van der Waals surface area (Å²) >= 11 is 0. The molecule has 1 amide bonds. The Morgan fingerprint density at radius 1 is 1.43 bits per heavy atom. The smallest absolute Gasteiger partial charge is 0.308 e. The van der Waals surface area contributed by atoms with Gasteiger partial charge in [0.05, 0.1) is 5.92 Å². The average molecular weight is 289 g/mol. The Balaban J connectivity index is 1.86. The van der Waals surface area contributed by atoms with Gasteiger partial charge in [0.15, 0.2) is 0 Å². The molecule has 1 N–H and O–H groups in total. The summed E-state index contributed by atoms with van der Waals surface area (Å²) in [6.07, 6.45) is 2.88. The Labute approximate surface area is 120 Å². The largest absolute Gasteiger partial charge is 0.481 e. The molecule has 1 fully saturated rings. The molecule has 2 aromatic heterocycles. The van der Waals surface area contributed by atoms with E-state index >= 15 is 0 Å². The molecule has 3 rings (SSSR count). The third-order valence-corrected chi connectivity index (χ3v) is 3.68. The minimum Gasteiger partial charge on any atom is -0.481 e. The number of carbonyl (C=O) groups is 2. The molecule has 2 aromatic rings. The summed E-state index contributed by atoms with van der Waals surface area (Å²) in [5.41, 5.74) is 0.827. The fourth-order valence-corrected chi connectivity index (χ4v) is 2.50. The van der Waals surface area contributed by atoms with Crippen LogP contribution in [0.2, 0.25) is 0 Å². The molecule has 8 heteroatoms. The third-order valence-electron chi connectivity index (χ3n) is 3.68. The highest BCUT2D eigenvalue weighted by molar-refractivity contribution is 5.91. The van der Waals surface area contributed by atoms with Crippen LogP contribution in [0, 0.1) is 12.8 Å². The van der Waals surface area contributed by atoms with Crippen LogP contribution in [0.5, 0.6) is 0 Å². The number of hydrogen-bond donors (Lipinski definition) is 1. The van der Waals surface area contributed by atoms with E-state index in [0.29, 0.717) is 25.2 Å². The molecule has 0 aliphatic carbocycles. The first-order valence-electron chi connectivity index (χ1n) is 6.76. The molecule has 0 saturated carbocycles. The lowest BCUT2D eigenvalue weighted by atomic mass is 9.98. The summed E-state index contributed by atoms with van der Waals surface area (Å²) in [6, 6.07) is 1.78. The number of carboxylic acids is 1. The van der Waals surface area contributed by atoms with E-state index in [9.17, 15) is 9.59 Å². The van der Waals surface area contributed by atoms with Crippen molar-refractivity contribution >= 4 is 17.7 Å². The van der Waals surface area contributed by atoms with Crippen molar-refractivity contribution in [2.24, 2.45) is 5.92 Å². The zero-order chi connectivity index (χ0) is 15.0. The minimum atomic E-state index is -0.868. The SMILES string of the molecule is Cc1ccnc2nc(C(=O)N3CCCC(C(=O)O)C3)nn12. The fraction of sp³-hybridized carbons (Fsp3) is 0.462. The van der Waals surface area contributed by atoms with E-state index in [-0.39, 0.29) is 18.3 Å². The van der Waals surface area contributed by atoms with Crippen LogP contribution < -0.4 is 0 Å². The number of hydrogen-bond acceptors (Lipinski definition) is 5. The second kappa shape index (κ2) is 5.12. The number of likely N-dealkylation sites (tertiary alicyclic amines) is 1. The number of aliphatic carboxylic acids is 1. The molecule has 1 atom stereocenters. The molecule has 1 aliphatic rings. The van der Waals surface area contributed by atoms with Gasteiger partial charge in [-0.15, -0.1) is 5.10 Å². The molecular weight excluding hydrogens is 274 g/mol. The standard InChI is InChI=1S/C13H15N5O3/c1-8-4-5-14-13-15-10(16-18(8)13)11(19)17-6-2-3-9(7-17)12(20)21/h4-5,9H,2-3,6-7H2,1H3,(H,20,21). The Morgan fingerprint density at radius 2 is 2.24 bits per heavy atom. The van der Waals surface area contributed by atoms with Crippen molar-refractivity contribution in [1.29, 1.82) is 0 Å². The zero-order valence-electron chi connectivity index (χ0n) is 11.6. The van der Waals surface area contributed by atoms with Crippen molar-refractivity contribution in [3.8, 4) is 0 Å². The average Bonchev–Trinajstić information content (AvgIpc) is 2.92. The number of fused-ring (bicyclic) bond motifs is 1. The molecular formula is C13H15N5O3. The van der Waals surface area contributed by atoms with Crippen LogP contribution in [0.1, 0.15) is 29.2 Å². The van der Waals surface area contributed by atoms with Gasteiger partial charge < -0.3 is 10.0 Å². The number of aryl methyl sites for hydroxylation is 1. The first-order valence-corrected chi connectivity index (χ1v) is 6.76. The topological polar surface area (TPSA) is 101 Å². The molecule has 1 unspecified atom stereocenters. The van der Waals surface area contributed by atoms with Gasteiger partial charge in [-0.1, -0.05) is 0 Å². The number of aromatic nitrogens is 4. The van der Waals surface area contributed by atoms with Gasteiger partial charge in [0.25, 0.3) is 11.7 Å². The lowest BCUT2D eigenvalue weighted by molar-refractivity contribution is -0.143. The number of carbonyl (C=O) groups excluding carboxylic acids is 1. The van der Waals surface area contributed by atoms with Gasteiger partial charge in [-0.25, -0.2) is 9.50 Å². The second-order valence-corrected chi connectivity index (χ2v) is 5.16. The zero-order valence-corrected chi connectivity index (χ0v) is 11.6. The van der Waals surface area contributed by atoms with Crippen LogP contribution in [0.15, 0.2) is 12.3 Å². The van der Waals surface area contributed by atoms with Gasteiger partial charge in [-0.3, -0.25) is 9.59 Å². The maximum Gasteiger partial charge on any atom is 0.308 e. The van der Waals surface area contributed by atoms with E-state index in [4.69, 9.17) is 5.11 Å². The van der Waals surface area contributed by atoms with Crippen molar-refractivity contribution in [3.05, 3.63) is 23.8 Å². The maximum absolute atomic E-state index is 12.4. The van der Waals surface area contributed by atoms with E-state index in [2.05, 4.69) is 15.1 Å². The van der Waals surface area contributed by atoms with Gasteiger partial charge in [0.1, 0.15) is 0 Å². The molecule has 21 heavy (non-hydrogen) atoms. The predicted octanol–water partition coefficient (Wildman–Crippen LogP) is 0.370. The molecule has 110 valence electrons. The van der Waals surface area contributed by atoms with Crippen molar-refractivity contribution < 1.29 is 14.7 Å². The number of nitrogens with zero attached hydrogens (tertiary/aromatic N) is 5. The summed E-state index contributed by atoms with van der Waals surface area (Å²) < 4.78 is 1.51. The number of piperidine rings is 1. The van der Waals surface area contributed by atoms with Crippen LogP contribution in [-0.2, 0) is 4.79 Å². The molecule has 1 saturated heterocycles. The van der Waals surface area contributed by atoms with E-state index < -0.39 is 11.9 Å². The number of rotatable bonds is 2. The monoisotopic (exact) mass is 289 g/mol. The van der Waals surface area contributed by atoms with Gasteiger partial charge in [-0.2, -0.15) is 4.98 Å². The van der Waals surface area contributed by atoms with Crippen molar-refractivity contribution in [2.75, 3.05) is 13.1 Å². The quantitative estimate of drug-likeness (QED) is 0.857. The third kappa shape index (κ3) is 2.44. The summed E-state index contributed by atoms with van der Waals surface area (Å²) in [5, 5.41) is 13.2. The van der Waals surface area contributed by atoms with Crippen molar-refractivity contribution in [1.82, 2.24) is 24.5 Å². The van der Waals surface area contributed by atoms with Crippen molar-refractivity contribution in [2.45, 2.75) is 19.8 Å². The van der Waals surface area contributed by atoms with Crippen LogP contribution in [-0.4, -0.2) is 54.6 Å². The normalized spacial score (nSPS) is 18.9. The van der Waals surface area contributed by atoms with Crippen LogP contribution in [0.25, 0.3) is 5.78 Å². The highest BCUT2D eigenvalue weighted by atomic mass is 16.4. The summed E-state index contributed by atoms with van der Waals surface area (Å²) in [4.78, 5) is 33.2. The summed E-state index contributed by atoms with van der Waals surface area (Å²) in [7, 11) is 0. The highest BCUT2D eigenvalue weighted by Gasteiger charge is 2.30. The highest BCUT2D eigenvalue weighted by Crippen LogP contribution is 2.18. The van der Waals surface area contributed by atoms with Gasteiger partial charge >= 0.3 is 5.97 Å². The van der Waals surface area contributed by atoms with Gasteiger partial charge in [0.2, 0.25) is 5.82 Å². The first kappa shape index (κ1) is 13.5. The van der Waals surface area contributed by atoms with E-state index in [1.54, 1.807) is 12.3 Å². The Hall–Kier alpha value is -2.51. The molecule has 8 nitrogen and oxygen atoms in total. The van der Waals surface area contributed by atoms with E-state index in [1.807, 2.05) is 6.92 Å². The van der Waals surface area contributed by atoms with E-state index in [0.717, 1.165) is 5.69 Å². The molecule has 0 bridgehead atoms. The van der Waals surface area contributed by atoms with Gasteiger partial charge in [-0.05, 0) is 25.8 Å². The van der Waals surface area contributed by atoms with Crippen molar-refractivity contribution in [3.63, 3.8) is 0 Å². The second-order valence-electron chi connectivity index (χ2n) is 5.16. The number of amides is 1. The maximum atomic E-state index is 12.4. The van der Waals surface area contributed by atoms with Crippen LogP contribution in [0.3, 0.4) is 0 Å². The Bertz CT molecular complexity index is 711. The molecule has 0 aromatic carbocycles. The predicted molar refractivity (Wildman–Crippen MR) is 71.8 cm³/mol. The van der Waals surface area contributed by atoms with E-state index in [1.165, 1.54) is 9.42 Å². The number of carboxylic acid groups (broad SMARTS) is 1. The summed E-state index contributed by atoms with van der Waals surface area (Å²) in [6.45, 7) is 2.58. The molecule has 0 radical (unpaired) electrons. The molecule has 1 aliphatic heterocycles. The summed E-state index contributed by atoms with van der Waals surface area (Å²) in [5.74, 6) is -1.30. The van der Waals surface area contributed by atoms with Crippen LogP contribution in [0.4, 0.5) is 0 Å². The fourth-order valence-electron chi connectivity index (χ4n) is 2.50. The minimum absolute atomic E-state index is 0.0582. The van der Waals surface area contributed by atoms with Gasteiger partial charge in [0, 0.05) is 25.0 Å². The Morgan fingerprint density at radius 3 is 2.95 bits per heavy atom. The first-order chi connectivity index (χ1) is 10.1. The molecule has 0 spiro atoms. The van der Waals surface area contributed by atoms with Crippen LogP contribution >= 0.6 is 0 Å².